The van der Waals surface area contributed by atoms with Gasteiger partial charge in [-0.25, -0.2) is 4.79 Å². The molecule has 1 fully saturated rings. The normalized spacial score (nSPS) is 16.5. The third kappa shape index (κ3) is 4.53. The molecule has 2 amide bonds. The fourth-order valence-electron chi connectivity index (χ4n) is 3.26. The zero-order valence-corrected chi connectivity index (χ0v) is 14.6. The molecular formula is C19H23F2N3O2. The lowest BCUT2D eigenvalue weighted by molar-refractivity contribution is -0.0498. The van der Waals surface area contributed by atoms with Crippen molar-refractivity contribution in [1.82, 2.24) is 14.8 Å². The van der Waals surface area contributed by atoms with Gasteiger partial charge in [-0.1, -0.05) is 12.1 Å². The zero-order chi connectivity index (χ0) is 18.5. The van der Waals surface area contributed by atoms with Crippen LogP contribution in [0.25, 0.3) is 0 Å². The van der Waals surface area contributed by atoms with E-state index in [0.29, 0.717) is 19.1 Å². The summed E-state index contributed by atoms with van der Waals surface area (Å²) in [6.45, 7) is 0.450. The lowest BCUT2D eigenvalue weighted by Crippen LogP contribution is -2.45. The van der Waals surface area contributed by atoms with E-state index < -0.39 is 6.61 Å². The maximum atomic E-state index is 12.5. The van der Waals surface area contributed by atoms with E-state index in [1.54, 1.807) is 12.1 Å². The highest BCUT2D eigenvalue weighted by Crippen LogP contribution is 2.23. The van der Waals surface area contributed by atoms with Gasteiger partial charge in [-0.15, -0.1) is 0 Å². The van der Waals surface area contributed by atoms with E-state index in [1.807, 2.05) is 24.0 Å². The molecule has 3 rings (SSSR count). The number of piperidine rings is 1. The van der Waals surface area contributed by atoms with E-state index in [1.165, 1.54) is 12.1 Å². The average molecular weight is 363 g/mol. The quantitative estimate of drug-likeness (QED) is 0.866. The first-order valence-corrected chi connectivity index (χ1v) is 8.75. The molecule has 1 N–H and O–H groups in total. The first-order valence-electron chi connectivity index (χ1n) is 8.75. The van der Waals surface area contributed by atoms with Crippen LogP contribution in [0, 0.1) is 0 Å². The molecule has 0 bridgehead atoms. The van der Waals surface area contributed by atoms with Crippen LogP contribution >= 0.6 is 0 Å². The topological polar surface area (TPSA) is 46.5 Å². The molecule has 1 atom stereocenters. The van der Waals surface area contributed by atoms with E-state index in [9.17, 15) is 13.6 Å². The van der Waals surface area contributed by atoms with Crippen molar-refractivity contribution in [1.29, 1.82) is 0 Å². The van der Waals surface area contributed by atoms with Crippen molar-refractivity contribution < 1.29 is 18.3 Å². The largest absolute Gasteiger partial charge is 0.435 e. The third-order valence-electron chi connectivity index (χ3n) is 4.75. The number of urea groups is 1. The van der Waals surface area contributed by atoms with Crippen LogP contribution in [0.5, 0.6) is 5.75 Å². The highest BCUT2D eigenvalue weighted by atomic mass is 19.3. The van der Waals surface area contributed by atoms with E-state index in [4.69, 9.17) is 0 Å². The van der Waals surface area contributed by atoms with Crippen molar-refractivity contribution in [2.75, 3.05) is 13.1 Å². The van der Waals surface area contributed by atoms with Crippen LogP contribution in [0.2, 0.25) is 0 Å². The van der Waals surface area contributed by atoms with E-state index in [2.05, 4.69) is 27.0 Å². The number of aromatic nitrogens is 1. The first-order chi connectivity index (χ1) is 12.5. The van der Waals surface area contributed by atoms with Crippen molar-refractivity contribution in [2.24, 2.45) is 0 Å². The summed E-state index contributed by atoms with van der Waals surface area (Å²) in [6, 6.07) is 10.5. The molecule has 0 aliphatic carbocycles. The molecule has 2 aromatic rings. The van der Waals surface area contributed by atoms with Gasteiger partial charge in [0.1, 0.15) is 5.75 Å². The fraction of sp³-hybridized carbons (Fsp3) is 0.421. The van der Waals surface area contributed by atoms with Crippen LogP contribution in [-0.4, -0.2) is 35.2 Å². The van der Waals surface area contributed by atoms with Crippen molar-refractivity contribution in [3.63, 3.8) is 0 Å². The molecule has 1 aliphatic heterocycles. The van der Waals surface area contributed by atoms with Crippen LogP contribution in [0.3, 0.4) is 0 Å². The van der Waals surface area contributed by atoms with Crippen LogP contribution in [0.1, 0.15) is 37.4 Å². The van der Waals surface area contributed by atoms with Gasteiger partial charge in [0.25, 0.3) is 0 Å². The van der Waals surface area contributed by atoms with Gasteiger partial charge < -0.3 is 19.5 Å². The minimum absolute atomic E-state index is 0.101. The molecule has 1 aromatic carbocycles. The molecule has 26 heavy (non-hydrogen) atoms. The Morgan fingerprint density at radius 2 is 1.77 bits per heavy atom. The summed E-state index contributed by atoms with van der Waals surface area (Å²) < 4.78 is 30.9. The van der Waals surface area contributed by atoms with Crippen molar-refractivity contribution in [2.45, 2.75) is 38.5 Å². The summed E-state index contributed by atoms with van der Waals surface area (Å²) in [6.07, 6.45) is 5.97. The number of likely N-dealkylation sites (tertiary alicyclic amines) is 1. The molecule has 0 spiro atoms. The second-order valence-electron chi connectivity index (χ2n) is 6.47. The zero-order valence-electron chi connectivity index (χ0n) is 14.6. The summed E-state index contributed by atoms with van der Waals surface area (Å²) in [4.78, 5) is 14.3. The van der Waals surface area contributed by atoms with E-state index >= 15 is 0 Å². The number of halogens is 2. The number of nitrogens with one attached hydrogen (secondary N) is 1. The maximum absolute atomic E-state index is 12.5. The van der Waals surface area contributed by atoms with Crippen molar-refractivity contribution >= 4 is 6.03 Å². The summed E-state index contributed by atoms with van der Waals surface area (Å²) in [5, 5.41) is 2.97. The second-order valence-corrected chi connectivity index (χ2v) is 6.47. The molecule has 1 saturated heterocycles. The van der Waals surface area contributed by atoms with Crippen molar-refractivity contribution in [3.05, 3.63) is 54.4 Å². The van der Waals surface area contributed by atoms with Gasteiger partial charge in [-0.05, 0) is 49.6 Å². The van der Waals surface area contributed by atoms with Gasteiger partial charge >= 0.3 is 12.6 Å². The number of rotatable bonds is 5. The third-order valence-corrected chi connectivity index (χ3v) is 4.75. The van der Waals surface area contributed by atoms with Gasteiger partial charge in [-0.2, -0.15) is 8.78 Å². The average Bonchev–Trinajstić information content (AvgIpc) is 3.16. The number of nitrogens with zero attached hydrogens (tertiary/aromatic N) is 2. The van der Waals surface area contributed by atoms with Crippen LogP contribution in [0.4, 0.5) is 13.6 Å². The fourth-order valence-corrected chi connectivity index (χ4v) is 3.26. The minimum Gasteiger partial charge on any atom is -0.435 e. The molecule has 1 aromatic heterocycles. The highest BCUT2D eigenvalue weighted by molar-refractivity contribution is 5.74. The smallest absolute Gasteiger partial charge is 0.387 e. The van der Waals surface area contributed by atoms with Crippen LogP contribution in [0.15, 0.2) is 48.8 Å². The molecule has 140 valence electrons. The number of amides is 2. The van der Waals surface area contributed by atoms with E-state index in [0.717, 1.165) is 18.4 Å². The molecule has 2 heterocycles. The molecular weight excluding hydrogens is 340 g/mol. The Bertz CT molecular complexity index is 696. The summed E-state index contributed by atoms with van der Waals surface area (Å²) >= 11 is 0. The number of hydrogen-bond acceptors (Lipinski definition) is 2. The number of carbonyl (C=O) groups excluding carboxylic acids is 1. The molecule has 0 radical (unpaired) electrons. The standard InChI is InChI=1S/C19H23F2N3O2/c1-14(15-4-6-17(7-5-15)26-18(20)21)22-19(25)24-12-8-16(9-13-24)23-10-2-3-11-23/h2-7,10-11,14,16,18H,8-9,12-13H2,1H3,(H,22,25)/t14-/m0/s1. The Hall–Kier alpha value is -2.57. The summed E-state index contributed by atoms with van der Waals surface area (Å²) in [5.41, 5.74) is 0.835. The van der Waals surface area contributed by atoms with E-state index in [-0.39, 0.29) is 17.8 Å². The van der Waals surface area contributed by atoms with Gasteiger partial charge in [-0.3, -0.25) is 0 Å². The van der Waals surface area contributed by atoms with Gasteiger partial charge in [0.15, 0.2) is 0 Å². The summed E-state index contributed by atoms with van der Waals surface area (Å²) in [5.74, 6) is 0.106. The lowest BCUT2D eigenvalue weighted by Gasteiger charge is -2.33. The molecule has 1 aliphatic rings. The molecule has 0 unspecified atom stereocenters. The maximum Gasteiger partial charge on any atom is 0.387 e. The Balaban J connectivity index is 1.50. The number of benzene rings is 1. The number of alkyl halides is 2. The second kappa shape index (κ2) is 8.21. The SMILES string of the molecule is C[C@H](NC(=O)N1CCC(n2cccc2)CC1)c1ccc(OC(F)F)cc1. The van der Waals surface area contributed by atoms with Crippen molar-refractivity contribution in [3.8, 4) is 5.75 Å². The first kappa shape index (κ1) is 18.2. The molecule has 7 heteroatoms. The van der Waals surface area contributed by atoms with Gasteiger partial charge in [0.05, 0.1) is 6.04 Å². The Kier molecular flexibility index (Phi) is 5.75. The van der Waals surface area contributed by atoms with Crippen LogP contribution < -0.4 is 10.1 Å². The summed E-state index contributed by atoms with van der Waals surface area (Å²) in [7, 11) is 0. The molecule has 0 saturated carbocycles. The van der Waals surface area contributed by atoms with Gasteiger partial charge in [0.2, 0.25) is 0 Å². The predicted molar refractivity (Wildman–Crippen MR) is 94.3 cm³/mol. The number of ether oxygens (including phenoxy) is 1. The Morgan fingerprint density at radius 3 is 2.35 bits per heavy atom. The van der Waals surface area contributed by atoms with Gasteiger partial charge in [0, 0.05) is 31.5 Å². The predicted octanol–water partition coefficient (Wildman–Crippen LogP) is 4.20. The minimum atomic E-state index is -2.84. The molecule has 5 nitrogen and oxygen atoms in total. The Morgan fingerprint density at radius 1 is 1.15 bits per heavy atom. The lowest BCUT2D eigenvalue weighted by atomic mass is 10.1. The van der Waals surface area contributed by atoms with Crippen LogP contribution in [-0.2, 0) is 0 Å². The Labute approximate surface area is 151 Å². The number of hydrogen-bond donors (Lipinski definition) is 1. The monoisotopic (exact) mass is 363 g/mol. The number of carbonyl (C=O) groups is 1. The highest BCUT2D eigenvalue weighted by Gasteiger charge is 2.24.